The van der Waals surface area contributed by atoms with Gasteiger partial charge in [0.15, 0.2) is 0 Å². The number of benzene rings is 1. The van der Waals surface area contributed by atoms with E-state index in [2.05, 4.69) is 5.32 Å². The van der Waals surface area contributed by atoms with Crippen LogP contribution in [0.1, 0.15) is 18.4 Å². The predicted octanol–water partition coefficient (Wildman–Crippen LogP) is 1.03. The fourth-order valence-electron chi connectivity index (χ4n) is 1.76. The molecule has 0 aliphatic heterocycles. The molecule has 1 saturated carbocycles. The van der Waals surface area contributed by atoms with Gasteiger partial charge >= 0.3 is 0 Å². The van der Waals surface area contributed by atoms with E-state index in [1.807, 2.05) is 0 Å². The van der Waals surface area contributed by atoms with Crippen LogP contribution in [0.5, 0.6) is 0 Å². The molecule has 5 heteroatoms. The van der Waals surface area contributed by atoms with Gasteiger partial charge in [-0.05, 0) is 30.5 Å². The second-order valence-electron chi connectivity index (χ2n) is 4.64. The summed E-state index contributed by atoms with van der Waals surface area (Å²) in [6.45, 7) is -0.0605. The zero-order valence-electron chi connectivity index (χ0n) is 10.3. The van der Waals surface area contributed by atoms with Crippen LogP contribution in [0.3, 0.4) is 0 Å². The zero-order valence-corrected chi connectivity index (χ0v) is 10.3. The number of aliphatic hydroxyl groups is 1. The van der Waals surface area contributed by atoms with Crippen molar-refractivity contribution in [2.45, 2.75) is 25.5 Å². The molecular weight excluding hydrogens is 235 g/mol. The number of carbonyl (C=O) groups is 1. The number of hydrogen-bond acceptors (Lipinski definition) is 3. The van der Waals surface area contributed by atoms with Crippen LogP contribution >= 0.6 is 0 Å². The molecule has 1 aromatic rings. The van der Waals surface area contributed by atoms with Crippen LogP contribution in [-0.4, -0.2) is 30.6 Å². The van der Waals surface area contributed by atoms with Crippen molar-refractivity contribution >= 4 is 11.6 Å². The average Bonchev–Trinajstić information content (AvgIpc) is 3.12. The number of likely N-dealkylation sites (N-methyl/N-ethyl adjacent to an activating group) is 1. The Kier molecular flexibility index (Phi) is 3.81. The van der Waals surface area contributed by atoms with Gasteiger partial charge in [-0.3, -0.25) is 4.79 Å². The molecule has 0 bridgehead atoms. The monoisotopic (exact) mass is 252 g/mol. The van der Waals surface area contributed by atoms with Crippen LogP contribution in [-0.2, 0) is 11.4 Å². The van der Waals surface area contributed by atoms with Crippen molar-refractivity contribution in [3.8, 4) is 0 Å². The van der Waals surface area contributed by atoms with E-state index in [4.69, 9.17) is 5.11 Å². The van der Waals surface area contributed by atoms with E-state index >= 15 is 0 Å². The molecule has 0 spiro atoms. The zero-order chi connectivity index (χ0) is 13.1. The van der Waals surface area contributed by atoms with E-state index in [-0.39, 0.29) is 19.1 Å². The van der Waals surface area contributed by atoms with Gasteiger partial charge in [-0.25, -0.2) is 4.39 Å². The molecule has 1 aliphatic rings. The second kappa shape index (κ2) is 5.35. The SMILES string of the molecule is CN(CC(=O)NC1CC1)c1ccc(CO)cc1F. The third-order valence-electron chi connectivity index (χ3n) is 2.93. The van der Waals surface area contributed by atoms with Gasteiger partial charge in [-0.1, -0.05) is 6.07 Å². The Balaban J connectivity index is 1.98. The first-order valence-corrected chi connectivity index (χ1v) is 6.00. The number of amides is 1. The normalized spacial score (nSPS) is 14.4. The van der Waals surface area contributed by atoms with Gasteiger partial charge in [-0.15, -0.1) is 0 Å². The molecule has 2 rings (SSSR count). The fraction of sp³-hybridized carbons (Fsp3) is 0.462. The molecule has 1 fully saturated rings. The Morgan fingerprint density at radius 2 is 2.28 bits per heavy atom. The number of halogens is 1. The number of aliphatic hydroxyl groups excluding tert-OH is 1. The molecule has 1 aliphatic carbocycles. The number of nitrogens with one attached hydrogen (secondary N) is 1. The minimum Gasteiger partial charge on any atom is -0.392 e. The van der Waals surface area contributed by atoms with Gasteiger partial charge in [-0.2, -0.15) is 0 Å². The first kappa shape index (κ1) is 12.8. The first-order valence-electron chi connectivity index (χ1n) is 6.00. The van der Waals surface area contributed by atoms with E-state index in [0.717, 1.165) is 12.8 Å². The van der Waals surface area contributed by atoms with Crippen molar-refractivity contribution in [1.29, 1.82) is 0 Å². The summed E-state index contributed by atoms with van der Waals surface area (Å²) in [5, 5.41) is 11.8. The maximum atomic E-state index is 13.7. The Bertz CT molecular complexity index is 447. The lowest BCUT2D eigenvalue weighted by molar-refractivity contribution is -0.119. The summed E-state index contributed by atoms with van der Waals surface area (Å²) in [6.07, 6.45) is 2.07. The van der Waals surface area contributed by atoms with E-state index in [1.54, 1.807) is 24.1 Å². The van der Waals surface area contributed by atoms with Crippen LogP contribution in [0.4, 0.5) is 10.1 Å². The summed E-state index contributed by atoms with van der Waals surface area (Å²) in [5.41, 5.74) is 0.880. The Labute approximate surface area is 105 Å². The van der Waals surface area contributed by atoms with E-state index in [0.29, 0.717) is 17.3 Å². The number of anilines is 1. The topological polar surface area (TPSA) is 52.6 Å². The number of rotatable bonds is 5. The molecule has 98 valence electrons. The van der Waals surface area contributed by atoms with Gasteiger partial charge in [0.1, 0.15) is 5.82 Å². The van der Waals surface area contributed by atoms with Crippen molar-refractivity contribution in [2.75, 3.05) is 18.5 Å². The summed E-state index contributed by atoms with van der Waals surface area (Å²) >= 11 is 0. The number of nitrogens with zero attached hydrogens (tertiary/aromatic N) is 1. The molecule has 18 heavy (non-hydrogen) atoms. The first-order chi connectivity index (χ1) is 8.60. The van der Waals surface area contributed by atoms with Crippen LogP contribution in [0.2, 0.25) is 0 Å². The van der Waals surface area contributed by atoms with Gasteiger partial charge in [0.2, 0.25) is 5.91 Å². The van der Waals surface area contributed by atoms with E-state index in [1.165, 1.54) is 6.07 Å². The molecule has 4 nitrogen and oxygen atoms in total. The lowest BCUT2D eigenvalue weighted by atomic mass is 10.2. The lowest BCUT2D eigenvalue weighted by Gasteiger charge is -2.19. The Morgan fingerprint density at radius 1 is 1.56 bits per heavy atom. The lowest BCUT2D eigenvalue weighted by Crippen LogP contribution is -2.36. The van der Waals surface area contributed by atoms with Gasteiger partial charge < -0.3 is 15.3 Å². The highest BCUT2D eigenvalue weighted by Gasteiger charge is 2.23. The molecule has 0 saturated heterocycles. The minimum atomic E-state index is -0.428. The highest BCUT2D eigenvalue weighted by Crippen LogP contribution is 2.20. The van der Waals surface area contributed by atoms with Crippen LogP contribution in [0.15, 0.2) is 18.2 Å². The largest absolute Gasteiger partial charge is 0.392 e. The molecule has 0 aromatic heterocycles. The van der Waals surface area contributed by atoms with Crippen LogP contribution in [0, 0.1) is 5.82 Å². The van der Waals surface area contributed by atoms with Crippen molar-refractivity contribution in [3.05, 3.63) is 29.6 Å². The van der Waals surface area contributed by atoms with Gasteiger partial charge in [0.05, 0.1) is 18.8 Å². The maximum absolute atomic E-state index is 13.7. The maximum Gasteiger partial charge on any atom is 0.239 e. The van der Waals surface area contributed by atoms with Crippen LogP contribution in [0.25, 0.3) is 0 Å². The molecule has 2 N–H and O–H groups in total. The molecule has 0 unspecified atom stereocenters. The van der Waals surface area contributed by atoms with Crippen molar-refractivity contribution in [3.63, 3.8) is 0 Å². The Hall–Kier alpha value is -1.62. The van der Waals surface area contributed by atoms with E-state index < -0.39 is 5.82 Å². The van der Waals surface area contributed by atoms with Gasteiger partial charge in [0.25, 0.3) is 0 Å². The number of hydrogen-bond donors (Lipinski definition) is 2. The summed E-state index contributed by atoms with van der Waals surface area (Å²) in [4.78, 5) is 13.2. The Morgan fingerprint density at radius 3 is 2.83 bits per heavy atom. The summed E-state index contributed by atoms with van der Waals surface area (Å²) in [6, 6.07) is 4.82. The second-order valence-corrected chi connectivity index (χ2v) is 4.64. The van der Waals surface area contributed by atoms with Gasteiger partial charge in [0, 0.05) is 13.1 Å². The molecule has 1 amide bonds. The fourth-order valence-corrected chi connectivity index (χ4v) is 1.76. The smallest absolute Gasteiger partial charge is 0.239 e. The predicted molar refractivity (Wildman–Crippen MR) is 66.8 cm³/mol. The third kappa shape index (κ3) is 3.20. The van der Waals surface area contributed by atoms with Crippen molar-refractivity contribution < 1.29 is 14.3 Å². The van der Waals surface area contributed by atoms with E-state index in [9.17, 15) is 9.18 Å². The minimum absolute atomic E-state index is 0.0920. The highest BCUT2D eigenvalue weighted by atomic mass is 19.1. The summed E-state index contributed by atoms with van der Waals surface area (Å²) in [5.74, 6) is -0.520. The highest BCUT2D eigenvalue weighted by molar-refractivity contribution is 5.81. The average molecular weight is 252 g/mol. The molecule has 0 radical (unpaired) electrons. The standard InChI is InChI=1S/C13H17FN2O2/c1-16(7-13(18)15-10-3-4-10)12-5-2-9(8-17)6-11(12)14/h2,5-6,10,17H,3-4,7-8H2,1H3,(H,15,18). The molecule has 1 aromatic carbocycles. The van der Waals surface area contributed by atoms with Crippen molar-refractivity contribution in [1.82, 2.24) is 5.32 Å². The molecule has 0 heterocycles. The quantitative estimate of drug-likeness (QED) is 0.823. The third-order valence-corrected chi connectivity index (χ3v) is 2.93. The molecule has 0 atom stereocenters. The van der Waals surface area contributed by atoms with Crippen molar-refractivity contribution in [2.24, 2.45) is 0 Å². The van der Waals surface area contributed by atoms with Crippen LogP contribution < -0.4 is 10.2 Å². The summed E-state index contributed by atoms with van der Waals surface area (Å²) in [7, 11) is 1.67. The summed E-state index contributed by atoms with van der Waals surface area (Å²) < 4.78 is 13.7. The number of carbonyl (C=O) groups excluding carboxylic acids is 1. The molecular formula is C13H17FN2O2.